The Balaban J connectivity index is 2.20. The maximum absolute atomic E-state index is 12.3. The lowest BCUT2D eigenvalue weighted by Gasteiger charge is -2.09. The fourth-order valence-corrected chi connectivity index (χ4v) is 2.64. The van der Waals surface area contributed by atoms with Crippen molar-refractivity contribution < 1.29 is 14.7 Å². The van der Waals surface area contributed by atoms with Crippen molar-refractivity contribution in [1.82, 2.24) is 0 Å². The second kappa shape index (κ2) is 5.37. The van der Waals surface area contributed by atoms with Crippen LogP contribution in [0.4, 0.5) is 0 Å². The van der Waals surface area contributed by atoms with Gasteiger partial charge in [0, 0.05) is 12.0 Å². The smallest absolute Gasteiger partial charge is 0.303 e. The first-order valence-electron chi connectivity index (χ1n) is 6.82. The van der Waals surface area contributed by atoms with Crippen LogP contribution in [0.5, 0.6) is 0 Å². The number of fused-ring (bicyclic) bond motifs is 3. The minimum Gasteiger partial charge on any atom is -0.481 e. The number of carbonyl (C=O) groups is 2. The molecule has 1 N–H and O–H groups in total. The van der Waals surface area contributed by atoms with Crippen molar-refractivity contribution in [2.45, 2.75) is 12.8 Å². The fraction of sp³-hybridized carbons (Fsp3) is 0.111. The highest BCUT2D eigenvalue weighted by Crippen LogP contribution is 2.29. The van der Waals surface area contributed by atoms with Crippen LogP contribution < -0.4 is 0 Å². The highest BCUT2D eigenvalue weighted by Gasteiger charge is 2.13. The maximum Gasteiger partial charge on any atom is 0.303 e. The van der Waals surface area contributed by atoms with Gasteiger partial charge in [0.25, 0.3) is 0 Å². The molecule has 0 fully saturated rings. The van der Waals surface area contributed by atoms with Crippen LogP contribution in [0.2, 0.25) is 0 Å². The summed E-state index contributed by atoms with van der Waals surface area (Å²) >= 11 is 0. The molecule has 3 nitrogen and oxygen atoms in total. The van der Waals surface area contributed by atoms with Crippen LogP contribution in [-0.4, -0.2) is 16.9 Å². The van der Waals surface area contributed by atoms with Crippen LogP contribution in [0.15, 0.2) is 54.6 Å². The molecule has 0 aromatic heterocycles. The van der Waals surface area contributed by atoms with E-state index in [1.54, 1.807) is 0 Å². The molecule has 0 aliphatic rings. The standard InChI is InChI=1S/C18H14O3/c19-17(9-10-18(20)21)16-11-12-5-1-2-6-13(12)14-7-3-4-8-15(14)16/h1-8,11H,9-10H2,(H,20,21). The molecule has 0 aliphatic carbocycles. The second-order valence-corrected chi connectivity index (χ2v) is 5.01. The number of hydrogen-bond acceptors (Lipinski definition) is 2. The molecule has 0 saturated carbocycles. The summed E-state index contributed by atoms with van der Waals surface area (Å²) in [4.78, 5) is 23.0. The van der Waals surface area contributed by atoms with E-state index < -0.39 is 5.97 Å². The molecule has 21 heavy (non-hydrogen) atoms. The van der Waals surface area contributed by atoms with E-state index in [-0.39, 0.29) is 18.6 Å². The van der Waals surface area contributed by atoms with E-state index in [2.05, 4.69) is 0 Å². The van der Waals surface area contributed by atoms with Crippen molar-refractivity contribution in [1.29, 1.82) is 0 Å². The molecule has 0 unspecified atom stereocenters. The van der Waals surface area contributed by atoms with Crippen LogP contribution in [-0.2, 0) is 4.79 Å². The Labute approximate surface area is 121 Å². The Morgan fingerprint density at radius 2 is 1.43 bits per heavy atom. The molecule has 0 bridgehead atoms. The molecule has 3 heteroatoms. The van der Waals surface area contributed by atoms with Crippen molar-refractivity contribution in [3.05, 3.63) is 60.2 Å². The number of benzene rings is 3. The van der Waals surface area contributed by atoms with Crippen LogP contribution in [0.1, 0.15) is 23.2 Å². The van der Waals surface area contributed by atoms with Crippen molar-refractivity contribution >= 4 is 33.3 Å². The van der Waals surface area contributed by atoms with Crippen molar-refractivity contribution in [3.8, 4) is 0 Å². The summed E-state index contributed by atoms with van der Waals surface area (Å²) in [5, 5.41) is 12.7. The second-order valence-electron chi connectivity index (χ2n) is 5.01. The molecule has 0 saturated heterocycles. The molecule has 104 valence electrons. The van der Waals surface area contributed by atoms with Crippen LogP contribution in [0, 0.1) is 0 Å². The number of rotatable bonds is 4. The predicted molar refractivity (Wildman–Crippen MR) is 82.7 cm³/mol. The van der Waals surface area contributed by atoms with Gasteiger partial charge < -0.3 is 5.11 Å². The van der Waals surface area contributed by atoms with E-state index in [9.17, 15) is 9.59 Å². The zero-order valence-electron chi connectivity index (χ0n) is 11.4. The van der Waals surface area contributed by atoms with Gasteiger partial charge in [0.15, 0.2) is 5.78 Å². The highest BCUT2D eigenvalue weighted by atomic mass is 16.4. The average Bonchev–Trinajstić information content (AvgIpc) is 2.51. The number of carboxylic acids is 1. The molecule has 3 aromatic carbocycles. The van der Waals surface area contributed by atoms with E-state index in [1.807, 2.05) is 54.6 Å². The molecule has 0 amide bonds. The largest absolute Gasteiger partial charge is 0.481 e. The zero-order chi connectivity index (χ0) is 14.8. The quantitative estimate of drug-likeness (QED) is 0.579. The van der Waals surface area contributed by atoms with Gasteiger partial charge in [-0.25, -0.2) is 0 Å². The Kier molecular flexibility index (Phi) is 3.40. The normalized spacial score (nSPS) is 10.9. The third kappa shape index (κ3) is 2.50. The summed E-state index contributed by atoms with van der Waals surface area (Å²) in [5.41, 5.74) is 0.602. The highest BCUT2D eigenvalue weighted by molar-refractivity contribution is 6.17. The summed E-state index contributed by atoms with van der Waals surface area (Å²) in [7, 11) is 0. The Morgan fingerprint density at radius 3 is 2.14 bits per heavy atom. The van der Waals surface area contributed by atoms with E-state index in [4.69, 9.17) is 5.11 Å². The van der Waals surface area contributed by atoms with Crippen molar-refractivity contribution in [2.24, 2.45) is 0 Å². The van der Waals surface area contributed by atoms with Crippen LogP contribution in [0.3, 0.4) is 0 Å². The average molecular weight is 278 g/mol. The minimum absolute atomic E-state index is 0.0255. The number of hydrogen-bond donors (Lipinski definition) is 1. The molecule has 3 aromatic rings. The van der Waals surface area contributed by atoms with Gasteiger partial charge in [0.1, 0.15) is 0 Å². The molecule has 0 spiro atoms. The minimum atomic E-state index is -0.951. The van der Waals surface area contributed by atoms with Gasteiger partial charge in [-0.3, -0.25) is 9.59 Å². The van der Waals surface area contributed by atoms with Gasteiger partial charge in [-0.1, -0.05) is 48.5 Å². The molecule has 0 aliphatic heterocycles. The van der Waals surface area contributed by atoms with Gasteiger partial charge >= 0.3 is 5.97 Å². The number of Topliss-reactive ketones (excluding diaryl/α,β-unsaturated/α-hetero) is 1. The maximum atomic E-state index is 12.3. The Hall–Kier alpha value is -2.68. The molecular formula is C18H14O3. The number of carbonyl (C=O) groups excluding carboxylic acids is 1. The number of aliphatic carboxylic acids is 1. The van der Waals surface area contributed by atoms with Gasteiger partial charge in [-0.05, 0) is 27.6 Å². The van der Waals surface area contributed by atoms with Crippen LogP contribution >= 0.6 is 0 Å². The molecular weight excluding hydrogens is 264 g/mol. The summed E-state index contributed by atoms with van der Waals surface area (Å²) in [6.45, 7) is 0. The van der Waals surface area contributed by atoms with E-state index in [0.29, 0.717) is 5.56 Å². The lowest BCUT2D eigenvalue weighted by Crippen LogP contribution is -2.04. The summed E-state index contributed by atoms with van der Waals surface area (Å²) in [6.07, 6.45) is -0.113. The monoisotopic (exact) mass is 278 g/mol. The summed E-state index contributed by atoms with van der Waals surface area (Å²) in [5.74, 6) is -1.08. The Morgan fingerprint density at radius 1 is 0.810 bits per heavy atom. The topological polar surface area (TPSA) is 54.4 Å². The lowest BCUT2D eigenvalue weighted by molar-refractivity contribution is -0.136. The molecule has 0 heterocycles. The summed E-state index contributed by atoms with van der Waals surface area (Å²) < 4.78 is 0. The first-order chi connectivity index (χ1) is 10.2. The first-order valence-corrected chi connectivity index (χ1v) is 6.82. The molecule has 0 radical (unpaired) electrons. The van der Waals surface area contributed by atoms with Gasteiger partial charge in [-0.2, -0.15) is 0 Å². The lowest BCUT2D eigenvalue weighted by atomic mass is 9.94. The Bertz CT molecular complexity index is 849. The number of carboxylic acid groups (broad SMARTS) is 1. The van der Waals surface area contributed by atoms with Gasteiger partial charge in [0.05, 0.1) is 6.42 Å². The van der Waals surface area contributed by atoms with E-state index >= 15 is 0 Å². The van der Waals surface area contributed by atoms with E-state index in [1.165, 1.54) is 0 Å². The molecule has 3 rings (SSSR count). The molecule has 0 atom stereocenters. The van der Waals surface area contributed by atoms with E-state index in [0.717, 1.165) is 21.5 Å². The van der Waals surface area contributed by atoms with Crippen molar-refractivity contribution in [3.63, 3.8) is 0 Å². The van der Waals surface area contributed by atoms with Crippen molar-refractivity contribution in [2.75, 3.05) is 0 Å². The van der Waals surface area contributed by atoms with Gasteiger partial charge in [-0.15, -0.1) is 0 Å². The van der Waals surface area contributed by atoms with Gasteiger partial charge in [0.2, 0.25) is 0 Å². The SMILES string of the molecule is O=C(O)CCC(=O)c1cc2ccccc2c2ccccc12. The predicted octanol–water partition coefficient (Wildman–Crippen LogP) is 4.04. The first kappa shape index (κ1) is 13.3. The summed E-state index contributed by atoms with van der Waals surface area (Å²) in [6, 6.07) is 17.5. The zero-order valence-corrected chi connectivity index (χ0v) is 11.4. The third-order valence-electron chi connectivity index (χ3n) is 3.63. The fourth-order valence-electron chi connectivity index (χ4n) is 2.64. The third-order valence-corrected chi connectivity index (χ3v) is 3.63. The van der Waals surface area contributed by atoms with Crippen LogP contribution in [0.25, 0.3) is 21.5 Å². The number of ketones is 1.